The van der Waals surface area contributed by atoms with Crippen molar-refractivity contribution in [3.8, 4) is 10.4 Å². The molecule has 1 unspecified atom stereocenters. The molecular formula is C15H21NOS2. The SMILES string of the molecule is COCC(NCc1cc(-c2cccs2)cs1)C(C)C. The van der Waals surface area contributed by atoms with E-state index in [0.29, 0.717) is 12.0 Å². The monoisotopic (exact) mass is 295 g/mol. The first-order chi connectivity index (χ1) is 9.20. The molecule has 0 fully saturated rings. The molecule has 0 aliphatic heterocycles. The van der Waals surface area contributed by atoms with Gasteiger partial charge >= 0.3 is 0 Å². The summed E-state index contributed by atoms with van der Waals surface area (Å²) < 4.78 is 5.26. The van der Waals surface area contributed by atoms with Gasteiger partial charge < -0.3 is 10.1 Å². The van der Waals surface area contributed by atoms with Gasteiger partial charge in [0.15, 0.2) is 0 Å². The first kappa shape index (κ1) is 14.7. The lowest BCUT2D eigenvalue weighted by molar-refractivity contribution is 0.146. The van der Waals surface area contributed by atoms with E-state index in [9.17, 15) is 0 Å². The van der Waals surface area contributed by atoms with Crippen LogP contribution in [0.15, 0.2) is 29.0 Å². The van der Waals surface area contributed by atoms with Crippen molar-refractivity contribution in [1.29, 1.82) is 0 Å². The van der Waals surface area contributed by atoms with Gasteiger partial charge in [0.2, 0.25) is 0 Å². The Hall–Kier alpha value is -0.680. The Morgan fingerprint density at radius 3 is 2.79 bits per heavy atom. The molecule has 0 aliphatic carbocycles. The lowest BCUT2D eigenvalue weighted by Gasteiger charge is -2.21. The van der Waals surface area contributed by atoms with E-state index in [2.05, 4.69) is 48.1 Å². The van der Waals surface area contributed by atoms with Gasteiger partial charge in [-0.05, 0) is 28.8 Å². The van der Waals surface area contributed by atoms with E-state index in [-0.39, 0.29) is 0 Å². The molecule has 2 rings (SSSR count). The highest BCUT2D eigenvalue weighted by Gasteiger charge is 2.13. The van der Waals surface area contributed by atoms with Crippen LogP contribution in [0.3, 0.4) is 0 Å². The number of ether oxygens (including phenoxy) is 1. The molecule has 0 amide bonds. The topological polar surface area (TPSA) is 21.3 Å². The standard InChI is InChI=1S/C15H21NOS2/c1-11(2)14(9-17-3)16-8-13-7-12(10-19-13)15-5-4-6-18-15/h4-7,10-11,14,16H,8-9H2,1-3H3. The zero-order valence-corrected chi connectivity index (χ0v) is 13.3. The maximum absolute atomic E-state index is 5.26. The van der Waals surface area contributed by atoms with E-state index in [1.165, 1.54) is 15.3 Å². The Morgan fingerprint density at radius 2 is 2.16 bits per heavy atom. The summed E-state index contributed by atoms with van der Waals surface area (Å²) in [4.78, 5) is 2.73. The molecule has 0 aromatic carbocycles. The highest BCUT2D eigenvalue weighted by Crippen LogP contribution is 2.29. The van der Waals surface area contributed by atoms with Gasteiger partial charge in [0.05, 0.1) is 6.61 Å². The van der Waals surface area contributed by atoms with Gasteiger partial charge in [0.1, 0.15) is 0 Å². The van der Waals surface area contributed by atoms with E-state index in [1.807, 2.05) is 11.3 Å². The average molecular weight is 295 g/mol. The molecule has 0 saturated heterocycles. The number of nitrogens with one attached hydrogen (secondary N) is 1. The van der Waals surface area contributed by atoms with Crippen LogP contribution in [0.2, 0.25) is 0 Å². The van der Waals surface area contributed by atoms with E-state index < -0.39 is 0 Å². The van der Waals surface area contributed by atoms with E-state index in [4.69, 9.17) is 4.74 Å². The largest absolute Gasteiger partial charge is 0.383 e. The van der Waals surface area contributed by atoms with Gasteiger partial charge in [0, 0.05) is 35.0 Å². The summed E-state index contributed by atoms with van der Waals surface area (Å²) >= 11 is 3.62. The lowest BCUT2D eigenvalue weighted by Crippen LogP contribution is -2.37. The minimum absolute atomic E-state index is 0.414. The van der Waals surface area contributed by atoms with Crippen LogP contribution in [-0.4, -0.2) is 19.8 Å². The van der Waals surface area contributed by atoms with Crippen molar-refractivity contribution < 1.29 is 4.74 Å². The summed E-state index contributed by atoms with van der Waals surface area (Å²) in [6.07, 6.45) is 0. The smallest absolute Gasteiger partial charge is 0.0618 e. The molecule has 104 valence electrons. The molecule has 0 spiro atoms. The zero-order valence-electron chi connectivity index (χ0n) is 11.7. The summed E-state index contributed by atoms with van der Waals surface area (Å²) in [6.45, 7) is 6.13. The van der Waals surface area contributed by atoms with Crippen molar-refractivity contribution in [3.63, 3.8) is 0 Å². The highest BCUT2D eigenvalue weighted by atomic mass is 32.1. The predicted molar refractivity (Wildman–Crippen MR) is 85.0 cm³/mol. The van der Waals surface area contributed by atoms with Gasteiger partial charge in [-0.3, -0.25) is 0 Å². The number of hydrogen-bond acceptors (Lipinski definition) is 4. The third-order valence-corrected chi connectivity index (χ3v) is 5.00. The Balaban J connectivity index is 1.93. The Kier molecular flexibility index (Phi) is 5.58. The molecule has 4 heteroatoms. The minimum Gasteiger partial charge on any atom is -0.383 e. The third-order valence-electron chi connectivity index (χ3n) is 3.15. The lowest BCUT2D eigenvalue weighted by atomic mass is 10.1. The summed E-state index contributed by atoms with van der Waals surface area (Å²) in [5.74, 6) is 0.580. The highest BCUT2D eigenvalue weighted by molar-refractivity contribution is 7.14. The quantitative estimate of drug-likeness (QED) is 0.825. The molecule has 2 nitrogen and oxygen atoms in total. The normalized spacial score (nSPS) is 13.1. The van der Waals surface area contributed by atoms with E-state index >= 15 is 0 Å². The molecule has 2 aromatic heterocycles. The first-order valence-corrected chi connectivity index (χ1v) is 8.30. The molecule has 19 heavy (non-hydrogen) atoms. The van der Waals surface area contributed by atoms with Gasteiger partial charge in [0.25, 0.3) is 0 Å². The Labute approximate surface area is 123 Å². The predicted octanol–water partition coefficient (Wildman–Crippen LogP) is 4.24. The fourth-order valence-corrected chi connectivity index (χ4v) is 3.57. The maximum atomic E-state index is 5.26. The van der Waals surface area contributed by atoms with E-state index in [1.54, 1.807) is 18.4 Å². The molecule has 1 N–H and O–H groups in total. The average Bonchev–Trinajstić information content (AvgIpc) is 3.04. The number of thiophene rings is 2. The van der Waals surface area contributed by atoms with Crippen LogP contribution in [0, 0.1) is 5.92 Å². The van der Waals surface area contributed by atoms with Crippen LogP contribution in [0.25, 0.3) is 10.4 Å². The second-order valence-electron chi connectivity index (χ2n) is 4.97. The van der Waals surface area contributed by atoms with Gasteiger partial charge in [-0.2, -0.15) is 0 Å². The summed E-state index contributed by atoms with van der Waals surface area (Å²) in [5, 5.41) is 7.95. The van der Waals surface area contributed by atoms with Crippen molar-refractivity contribution in [1.82, 2.24) is 5.32 Å². The third kappa shape index (κ3) is 4.14. The van der Waals surface area contributed by atoms with Crippen LogP contribution in [0.1, 0.15) is 18.7 Å². The van der Waals surface area contributed by atoms with Crippen molar-refractivity contribution >= 4 is 22.7 Å². The Bertz CT molecular complexity index is 476. The van der Waals surface area contributed by atoms with Crippen LogP contribution >= 0.6 is 22.7 Å². The van der Waals surface area contributed by atoms with Gasteiger partial charge in [-0.25, -0.2) is 0 Å². The number of methoxy groups -OCH3 is 1. The molecule has 2 heterocycles. The molecule has 1 atom stereocenters. The van der Waals surface area contributed by atoms with Crippen LogP contribution in [0.4, 0.5) is 0 Å². The number of rotatable bonds is 7. The molecular weight excluding hydrogens is 274 g/mol. The summed E-state index contributed by atoms with van der Waals surface area (Å²) in [6, 6.07) is 6.97. The van der Waals surface area contributed by atoms with Crippen molar-refractivity contribution in [3.05, 3.63) is 33.8 Å². The fraction of sp³-hybridized carbons (Fsp3) is 0.467. The Morgan fingerprint density at radius 1 is 1.32 bits per heavy atom. The molecule has 0 radical (unpaired) electrons. The molecule has 0 aliphatic rings. The van der Waals surface area contributed by atoms with E-state index in [0.717, 1.165) is 13.2 Å². The molecule has 0 bridgehead atoms. The van der Waals surface area contributed by atoms with Gasteiger partial charge in [-0.15, -0.1) is 22.7 Å². The van der Waals surface area contributed by atoms with Crippen molar-refractivity contribution in [2.75, 3.05) is 13.7 Å². The zero-order chi connectivity index (χ0) is 13.7. The minimum atomic E-state index is 0.414. The summed E-state index contributed by atoms with van der Waals surface area (Å²) in [7, 11) is 1.76. The van der Waals surface area contributed by atoms with Crippen LogP contribution in [0.5, 0.6) is 0 Å². The molecule has 0 saturated carbocycles. The van der Waals surface area contributed by atoms with Crippen molar-refractivity contribution in [2.24, 2.45) is 5.92 Å². The first-order valence-electron chi connectivity index (χ1n) is 6.54. The van der Waals surface area contributed by atoms with Gasteiger partial charge in [-0.1, -0.05) is 19.9 Å². The second-order valence-corrected chi connectivity index (χ2v) is 6.91. The van der Waals surface area contributed by atoms with Crippen LogP contribution < -0.4 is 5.32 Å². The summed E-state index contributed by atoms with van der Waals surface area (Å²) in [5.41, 5.74) is 1.34. The maximum Gasteiger partial charge on any atom is 0.0618 e. The van der Waals surface area contributed by atoms with Crippen LogP contribution in [-0.2, 0) is 11.3 Å². The second kappa shape index (κ2) is 7.20. The fourth-order valence-electron chi connectivity index (χ4n) is 1.94. The van der Waals surface area contributed by atoms with Crippen molar-refractivity contribution in [2.45, 2.75) is 26.4 Å². The number of hydrogen-bond donors (Lipinski definition) is 1. The molecule has 2 aromatic rings.